The van der Waals surface area contributed by atoms with Gasteiger partial charge in [0.05, 0.1) is 9.75 Å². The van der Waals surface area contributed by atoms with E-state index >= 15 is 0 Å². The van der Waals surface area contributed by atoms with Gasteiger partial charge >= 0.3 is 0 Å². The Morgan fingerprint density at radius 1 is 0.722 bits per heavy atom. The summed E-state index contributed by atoms with van der Waals surface area (Å²) in [5.74, 6) is 0. The standard InChI is InChI=1S/C16H24Cl2/c1-14(2,3)11-9-8-10-12(15(4,5)17)13(11)16(6,7)18/h8-10H,1-7H3. The number of hydrogen-bond donors (Lipinski definition) is 0. The van der Waals surface area contributed by atoms with Crippen LogP contribution in [0.4, 0.5) is 0 Å². The fourth-order valence-corrected chi connectivity index (χ4v) is 2.67. The van der Waals surface area contributed by atoms with E-state index in [0.29, 0.717) is 0 Å². The summed E-state index contributed by atoms with van der Waals surface area (Å²) >= 11 is 13.2. The molecule has 2 heteroatoms. The van der Waals surface area contributed by atoms with Crippen molar-refractivity contribution in [3.8, 4) is 0 Å². The van der Waals surface area contributed by atoms with E-state index in [1.165, 1.54) is 11.1 Å². The number of halogens is 2. The summed E-state index contributed by atoms with van der Waals surface area (Å²) in [7, 11) is 0. The molecule has 1 aromatic rings. The molecule has 1 aromatic carbocycles. The van der Waals surface area contributed by atoms with Gasteiger partial charge in [0.15, 0.2) is 0 Å². The minimum absolute atomic E-state index is 0.0552. The second kappa shape index (κ2) is 4.72. The fourth-order valence-electron chi connectivity index (χ4n) is 2.31. The van der Waals surface area contributed by atoms with E-state index in [2.05, 4.69) is 39.0 Å². The van der Waals surface area contributed by atoms with Gasteiger partial charge in [0.1, 0.15) is 0 Å². The third-order valence-electron chi connectivity index (χ3n) is 3.11. The molecule has 0 saturated heterocycles. The van der Waals surface area contributed by atoms with Gasteiger partial charge in [-0.15, -0.1) is 23.2 Å². The highest BCUT2D eigenvalue weighted by Crippen LogP contribution is 2.43. The van der Waals surface area contributed by atoms with Gasteiger partial charge in [0.25, 0.3) is 0 Å². The smallest absolute Gasteiger partial charge is 0.0644 e. The van der Waals surface area contributed by atoms with Crippen LogP contribution in [0.2, 0.25) is 0 Å². The Balaban J connectivity index is 3.68. The monoisotopic (exact) mass is 286 g/mol. The molecule has 0 spiro atoms. The molecule has 0 bridgehead atoms. The van der Waals surface area contributed by atoms with Crippen molar-refractivity contribution in [2.45, 2.75) is 63.6 Å². The van der Waals surface area contributed by atoms with Crippen LogP contribution in [0, 0.1) is 0 Å². The lowest BCUT2D eigenvalue weighted by Crippen LogP contribution is -2.25. The molecular formula is C16H24Cl2. The largest absolute Gasteiger partial charge is 0.115 e. The Labute approximate surface area is 122 Å². The number of hydrogen-bond acceptors (Lipinski definition) is 0. The first-order valence-electron chi connectivity index (χ1n) is 6.37. The number of benzene rings is 1. The van der Waals surface area contributed by atoms with Crippen molar-refractivity contribution in [2.24, 2.45) is 0 Å². The third-order valence-corrected chi connectivity index (χ3v) is 3.50. The summed E-state index contributed by atoms with van der Waals surface area (Å²) in [4.78, 5) is -0.839. The van der Waals surface area contributed by atoms with Crippen LogP contribution in [-0.4, -0.2) is 0 Å². The van der Waals surface area contributed by atoms with Crippen molar-refractivity contribution in [1.29, 1.82) is 0 Å². The Kier molecular flexibility index (Phi) is 4.16. The predicted molar refractivity (Wildman–Crippen MR) is 82.9 cm³/mol. The quantitative estimate of drug-likeness (QED) is 0.591. The van der Waals surface area contributed by atoms with Gasteiger partial charge in [-0.1, -0.05) is 39.0 Å². The molecule has 102 valence electrons. The van der Waals surface area contributed by atoms with Gasteiger partial charge in [-0.3, -0.25) is 0 Å². The molecule has 0 N–H and O–H groups in total. The van der Waals surface area contributed by atoms with Crippen LogP contribution in [0.25, 0.3) is 0 Å². The van der Waals surface area contributed by atoms with Crippen molar-refractivity contribution in [3.63, 3.8) is 0 Å². The topological polar surface area (TPSA) is 0 Å². The molecule has 0 radical (unpaired) electrons. The maximum atomic E-state index is 6.62. The van der Waals surface area contributed by atoms with Crippen molar-refractivity contribution in [3.05, 3.63) is 34.9 Å². The van der Waals surface area contributed by atoms with Crippen LogP contribution in [0.5, 0.6) is 0 Å². The van der Waals surface area contributed by atoms with Crippen LogP contribution < -0.4 is 0 Å². The maximum absolute atomic E-state index is 6.62. The highest BCUT2D eigenvalue weighted by Gasteiger charge is 2.33. The van der Waals surface area contributed by atoms with Crippen molar-refractivity contribution >= 4 is 23.2 Å². The fraction of sp³-hybridized carbons (Fsp3) is 0.625. The average molecular weight is 287 g/mol. The zero-order chi connectivity index (χ0) is 14.4. The molecule has 0 fully saturated rings. The third kappa shape index (κ3) is 3.42. The molecule has 0 aliphatic carbocycles. The summed E-state index contributed by atoms with van der Waals surface area (Å²) in [6.45, 7) is 14.7. The number of alkyl halides is 2. The minimum atomic E-state index is -0.425. The van der Waals surface area contributed by atoms with Gasteiger partial charge in [0.2, 0.25) is 0 Å². The highest BCUT2D eigenvalue weighted by molar-refractivity contribution is 6.25. The summed E-state index contributed by atoms with van der Waals surface area (Å²) in [5.41, 5.74) is 3.61. The van der Waals surface area contributed by atoms with E-state index in [1.54, 1.807) is 0 Å². The molecule has 1 rings (SSSR count). The molecule has 0 saturated carbocycles. The van der Waals surface area contributed by atoms with Crippen LogP contribution >= 0.6 is 23.2 Å². The van der Waals surface area contributed by atoms with E-state index in [1.807, 2.05) is 27.7 Å². The summed E-state index contributed by atoms with van der Waals surface area (Å²) in [6, 6.07) is 6.32. The molecule has 18 heavy (non-hydrogen) atoms. The average Bonchev–Trinajstić information content (AvgIpc) is 2.12. The van der Waals surface area contributed by atoms with Crippen LogP contribution in [0.1, 0.15) is 65.2 Å². The zero-order valence-electron chi connectivity index (χ0n) is 12.5. The predicted octanol–water partition coefficient (Wildman–Crippen LogP) is 5.93. The Hall–Kier alpha value is -0.200. The Morgan fingerprint density at radius 2 is 1.17 bits per heavy atom. The highest BCUT2D eigenvalue weighted by atomic mass is 35.5. The van der Waals surface area contributed by atoms with Gasteiger partial charge in [-0.25, -0.2) is 0 Å². The molecule has 0 aromatic heterocycles. The first-order chi connectivity index (χ1) is 7.85. The molecule has 0 amide bonds. The second-order valence-electron chi connectivity index (χ2n) is 6.92. The van der Waals surface area contributed by atoms with E-state index in [9.17, 15) is 0 Å². The van der Waals surface area contributed by atoms with E-state index in [-0.39, 0.29) is 5.41 Å². The maximum Gasteiger partial charge on any atom is 0.0644 e. The van der Waals surface area contributed by atoms with Gasteiger partial charge in [-0.2, -0.15) is 0 Å². The van der Waals surface area contributed by atoms with Gasteiger partial charge in [-0.05, 0) is 49.8 Å². The first-order valence-corrected chi connectivity index (χ1v) is 7.13. The normalized spacial score (nSPS) is 13.8. The van der Waals surface area contributed by atoms with Crippen LogP contribution in [0.15, 0.2) is 18.2 Å². The zero-order valence-corrected chi connectivity index (χ0v) is 14.0. The molecule has 0 nitrogen and oxygen atoms in total. The second-order valence-corrected chi connectivity index (χ2v) is 8.81. The summed E-state index contributed by atoms with van der Waals surface area (Å²) < 4.78 is 0. The SMILES string of the molecule is CC(C)(C)c1cccc(C(C)(C)Cl)c1C(C)(C)Cl. The Bertz CT molecular complexity index is 394. The minimum Gasteiger partial charge on any atom is -0.115 e. The Morgan fingerprint density at radius 3 is 1.50 bits per heavy atom. The van der Waals surface area contributed by atoms with Crippen molar-refractivity contribution in [1.82, 2.24) is 0 Å². The first kappa shape index (κ1) is 15.9. The number of rotatable bonds is 2. The van der Waals surface area contributed by atoms with E-state index < -0.39 is 9.75 Å². The van der Waals surface area contributed by atoms with Crippen LogP contribution in [0.3, 0.4) is 0 Å². The lowest BCUT2D eigenvalue weighted by molar-refractivity contribution is 0.562. The molecule has 0 heterocycles. The molecule has 0 aliphatic heterocycles. The van der Waals surface area contributed by atoms with E-state index in [4.69, 9.17) is 23.2 Å². The summed E-state index contributed by atoms with van der Waals surface area (Å²) in [6.07, 6.45) is 0. The van der Waals surface area contributed by atoms with Crippen molar-refractivity contribution < 1.29 is 0 Å². The van der Waals surface area contributed by atoms with Crippen LogP contribution in [-0.2, 0) is 15.2 Å². The molecule has 0 aliphatic rings. The lowest BCUT2D eigenvalue weighted by atomic mass is 9.76. The lowest BCUT2D eigenvalue weighted by Gasteiger charge is -2.34. The van der Waals surface area contributed by atoms with Gasteiger partial charge in [0, 0.05) is 0 Å². The molecule has 0 unspecified atom stereocenters. The summed E-state index contributed by atoms with van der Waals surface area (Å²) in [5, 5.41) is 0. The van der Waals surface area contributed by atoms with Gasteiger partial charge < -0.3 is 0 Å². The molecular weight excluding hydrogens is 263 g/mol. The van der Waals surface area contributed by atoms with Crippen molar-refractivity contribution in [2.75, 3.05) is 0 Å². The molecule has 0 atom stereocenters. The van der Waals surface area contributed by atoms with E-state index in [0.717, 1.165) is 5.56 Å².